The Labute approximate surface area is 134 Å². The summed E-state index contributed by atoms with van der Waals surface area (Å²) in [7, 11) is 2.31. The molecule has 0 fully saturated rings. The molecular formula is C15H24O8. The van der Waals surface area contributed by atoms with E-state index in [9.17, 15) is 19.2 Å². The topological polar surface area (TPSA) is 127 Å². The van der Waals surface area contributed by atoms with E-state index < -0.39 is 54.0 Å². The molecule has 3 atom stereocenters. The highest BCUT2D eigenvalue weighted by Gasteiger charge is 2.42. The van der Waals surface area contributed by atoms with E-state index in [1.54, 1.807) is 0 Å². The number of aliphatic hydroxyl groups is 2. The molecular weight excluding hydrogens is 308 g/mol. The number of esters is 2. The minimum absolute atomic E-state index is 0.197. The molecule has 0 aromatic heterocycles. The average Bonchev–Trinajstić information content (AvgIpc) is 2.56. The Morgan fingerprint density at radius 2 is 1.61 bits per heavy atom. The van der Waals surface area contributed by atoms with Gasteiger partial charge in [-0.2, -0.15) is 0 Å². The normalized spacial score (nSPS) is 15.9. The number of methoxy groups -OCH3 is 2. The maximum Gasteiger partial charge on any atom is 0.309 e. The van der Waals surface area contributed by atoms with Crippen molar-refractivity contribution in [2.75, 3.05) is 27.4 Å². The fourth-order valence-corrected chi connectivity index (χ4v) is 2.39. The van der Waals surface area contributed by atoms with Gasteiger partial charge in [0.25, 0.3) is 0 Å². The molecule has 0 aliphatic rings. The number of carbonyl (C=O) groups excluding carboxylic acids is 4. The van der Waals surface area contributed by atoms with E-state index in [-0.39, 0.29) is 12.8 Å². The molecule has 0 amide bonds. The number of rotatable bonds is 10. The minimum atomic E-state index is -1.40. The van der Waals surface area contributed by atoms with Gasteiger partial charge in [0.15, 0.2) is 11.6 Å². The molecule has 0 radical (unpaired) electrons. The molecule has 0 aromatic rings. The van der Waals surface area contributed by atoms with Crippen LogP contribution in [0.5, 0.6) is 0 Å². The average molecular weight is 332 g/mol. The lowest BCUT2D eigenvalue weighted by molar-refractivity contribution is -0.153. The van der Waals surface area contributed by atoms with Gasteiger partial charge in [-0.1, -0.05) is 13.8 Å². The van der Waals surface area contributed by atoms with Gasteiger partial charge in [-0.3, -0.25) is 19.2 Å². The lowest BCUT2D eigenvalue weighted by Gasteiger charge is -2.31. The highest BCUT2D eigenvalue weighted by atomic mass is 16.5. The summed E-state index contributed by atoms with van der Waals surface area (Å²) < 4.78 is 9.13. The Balaban J connectivity index is 5.59. The molecule has 0 aromatic carbocycles. The van der Waals surface area contributed by atoms with E-state index in [2.05, 4.69) is 9.47 Å². The van der Waals surface area contributed by atoms with Crippen molar-refractivity contribution in [3.63, 3.8) is 0 Å². The summed E-state index contributed by atoms with van der Waals surface area (Å²) in [6.07, 6.45) is -0.552. The SMILES string of the molecule is COC(=O)CC(C)(CC(C(=O)CO)C(C)C(=O)OC)C(=O)CO. The third-order valence-corrected chi connectivity index (χ3v) is 4.00. The van der Waals surface area contributed by atoms with Gasteiger partial charge < -0.3 is 19.7 Å². The largest absolute Gasteiger partial charge is 0.469 e. The Morgan fingerprint density at radius 3 is 2.00 bits per heavy atom. The Kier molecular flexibility index (Phi) is 8.63. The number of aliphatic hydroxyl groups excluding tert-OH is 2. The first-order valence-corrected chi connectivity index (χ1v) is 7.09. The third kappa shape index (κ3) is 5.72. The van der Waals surface area contributed by atoms with E-state index >= 15 is 0 Å². The van der Waals surface area contributed by atoms with Crippen molar-refractivity contribution >= 4 is 23.5 Å². The lowest BCUT2D eigenvalue weighted by Crippen LogP contribution is -2.40. The van der Waals surface area contributed by atoms with E-state index in [4.69, 9.17) is 10.2 Å². The number of hydrogen-bond donors (Lipinski definition) is 2. The van der Waals surface area contributed by atoms with Gasteiger partial charge in [0.1, 0.15) is 13.2 Å². The van der Waals surface area contributed by atoms with Crippen LogP contribution in [0.15, 0.2) is 0 Å². The molecule has 0 saturated heterocycles. The fraction of sp³-hybridized carbons (Fsp3) is 0.733. The lowest BCUT2D eigenvalue weighted by atomic mass is 9.71. The van der Waals surface area contributed by atoms with Crippen LogP contribution in [0.1, 0.15) is 26.7 Å². The van der Waals surface area contributed by atoms with Crippen molar-refractivity contribution in [2.24, 2.45) is 17.3 Å². The second-order valence-electron chi connectivity index (χ2n) is 5.64. The predicted molar refractivity (Wildman–Crippen MR) is 78.2 cm³/mol. The van der Waals surface area contributed by atoms with Gasteiger partial charge in [-0.15, -0.1) is 0 Å². The molecule has 0 aliphatic heterocycles. The van der Waals surface area contributed by atoms with Gasteiger partial charge in [0.2, 0.25) is 0 Å². The van der Waals surface area contributed by atoms with Gasteiger partial charge in [-0.25, -0.2) is 0 Å². The van der Waals surface area contributed by atoms with Crippen LogP contribution in [0.3, 0.4) is 0 Å². The summed E-state index contributed by atoms with van der Waals surface area (Å²) in [4.78, 5) is 47.3. The number of carbonyl (C=O) groups is 4. The third-order valence-electron chi connectivity index (χ3n) is 4.00. The van der Waals surface area contributed by atoms with Crippen LogP contribution in [-0.4, -0.2) is 61.2 Å². The highest BCUT2D eigenvalue weighted by molar-refractivity contribution is 5.92. The summed E-state index contributed by atoms with van der Waals surface area (Å²) in [5.41, 5.74) is -1.40. The smallest absolute Gasteiger partial charge is 0.309 e. The second kappa shape index (κ2) is 9.36. The fourth-order valence-electron chi connectivity index (χ4n) is 2.39. The summed E-state index contributed by atoms with van der Waals surface area (Å²) in [5.74, 6) is -4.61. The molecule has 132 valence electrons. The quantitative estimate of drug-likeness (QED) is 0.512. The van der Waals surface area contributed by atoms with Crippen molar-refractivity contribution < 1.29 is 38.9 Å². The molecule has 8 nitrogen and oxygen atoms in total. The van der Waals surface area contributed by atoms with Gasteiger partial charge in [0, 0.05) is 11.3 Å². The molecule has 0 saturated carbocycles. The van der Waals surface area contributed by atoms with Crippen LogP contribution in [0.25, 0.3) is 0 Å². The molecule has 8 heteroatoms. The van der Waals surface area contributed by atoms with E-state index in [1.165, 1.54) is 13.8 Å². The monoisotopic (exact) mass is 332 g/mol. The zero-order valence-electron chi connectivity index (χ0n) is 13.8. The van der Waals surface area contributed by atoms with Crippen LogP contribution in [0.2, 0.25) is 0 Å². The summed E-state index contributed by atoms with van der Waals surface area (Å²) in [6, 6.07) is 0. The molecule has 0 spiro atoms. The molecule has 0 heterocycles. The first-order chi connectivity index (χ1) is 10.7. The number of hydrogen-bond acceptors (Lipinski definition) is 8. The van der Waals surface area contributed by atoms with Crippen molar-refractivity contribution in [1.29, 1.82) is 0 Å². The van der Waals surface area contributed by atoms with Gasteiger partial charge in [-0.05, 0) is 6.42 Å². The first-order valence-electron chi connectivity index (χ1n) is 7.09. The van der Waals surface area contributed by atoms with Crippen LogP contribution >= 0.6 is 0 Å². The van der Waals surface area contributed by atoms with E-state index in [0.717, 1.165) is 14.2 Å². The Morgan fingerprint density at radius 1 is 1.04 bits per heavy atom. The zero-order valence-corrected chi connectivity index (χ0v) is 13.8. The van der Waals surface area contributed by atoms with E-state index in [0.29, 0.717) is 0 Å². The van der Waals surface area contributed by atoms with Crippen LogP contribution in [0, 0.1) is 17.3 Å². The molecule has 3 unspecified atom stereocenters. The molecule has 0 aliphatic carbocycles. The maximum atomic E-state index is 12.0. The molecule has 2 N–H and O–H groups in total. The number of Topliss-reactive ketones (excluding diaryl/α,β-unsaturated/α-hetero) is 2. The number of ketones is 2. The summed E-state index contributed by atoms with van der Waals surface area (Å²) in [6.45, 7) is 1.21. The Hall–Kier alpha value is -1.80. The second-order valence-corrected chi connectivity index (χ2v) is 5.64. The molecule has 0 rings (SSSR count). The number of ether oxygens (including phenoxy) is 2. The van der Waals surface area contributed by atoms with Crippen molar-refractivity contribution in [2.45, 2.75) is 26.7 Å². The Bertz CT molecular complexity index is 458. The van der Waals surface area contributed by atoms with E-state index in [1.807, 2.05) is 0 Å². The van der Waals surface area contributed by atoms with Crippen molar-refractivity contribution in [3.05, 3.63) is 0 Å². The van der Waals surface area contributed by atoms with Crippen molar-refractivity contribution in [1.82, 2.24) is 0 Å². The van der Waals surface area contributed by atoms with Crippen LogP contribution in [0.4, 0.5) is 0 Å². The van der Waals surface area contributed by atoms with Crippen LogP contribution in [-0.2, 0) is 28.7 Å². The minimum Gasteiger partial charge on any atom is -0.469 e. The van der Waals surface area contributed by atoms with Gasteiger partial charge in [0.05, 0.1) is 26.6 Å². The molecule has 0 bridgehead atoms. The summed E-state index contributed by atoms with van der Waals surface area (Å²) >= 11 is 0. The van der Waals surface area contributed by atoms with Crippen LogP contribution < -0.4 is 0 Å². The first kappa shape index (κ1) is 21.2. The standard InChI is InChI=1S/C15H24O8/c1-9(14(21)23-4)10(11(18)7-16)5-15(2,12(19)8-17)6-13(20)22-3/h9-10,16-17H,5-8H2,1-4H3. The predicted octanol–water partition coefficient (Wildman–Crippen LogP) is -0.506. The van der Waals surface area contributed by atoms with Crippen molar-refractivity contribution in [3.8, 4) is 0 Å². The zero-order chi connectivity index (χ0) is 18.2. The maximum absolute atomic E-state index is 12.0. The summed E-state index contributed by atoms with van der Waals surface area (Å²) in [5, 5.41) is 18.2. The highest BCUT2D eigenvalue weighted by Crippen LogP contribution is 2.35. The molecule has 23 heavy (non-hydrogen) atoms. The van der Waals surface area contributed by atoms with Gasteiger partial charge >= 0.3 is 11.9 Å².